The third-order valence-electron chi connectivity index (χ3n) is 6.04. The number of methoxy groups -OCH3 is 1. The zero-order chi connectivity index (χ0) is 26.0. The molecular weight excluding hydrogens is 524 g/mol. The van der Waals surface area contributed by atoms with Crippen LogP contribution in [0.2, 0.25) is 0 Å². The van der Waals surface area contributed by atoms with Gasteiger partial charge < -0.3 is 15.2 Å². The summed E-state index contributed by atoms with van der Waals surface area (Å²) < 4.78 is 5.86. The lowest BCUT2D eigenvalue weighted by Crippen LogP contribution is -2.29. The van der Waals surface area contributed by atoms with Crippen LogP contribution in [0.15, 0.2) is 76.8 Å². The number of nitrogens with one attached hydrogen (secondary N) is 1. The Bertz CT molecular complexity index is 1360. The molecule has 0 aromatic heterocycles. The van der Waals surface area contributed by atoms with Crippen LogP contribution in [0.4, 0.5) is 11.4 Å². The fraction of sp³-hybridized carbons (Fsp3) is 0.179. The van der Waals surface area contributed by atoms with Gasteiger partial charge in [0.05, 0.1) is 23.2 Å². The molecule has 1 heterocycles. The number of Topliss-reactive ketones (excluding diaryl/α,β-unsaturated/α-hetero) is 1. The van der Waals surface area contributed by atoms with Gasteiger partial charge in [0.2, 0.25) is 5.91 Å². The van der Waals surface area contributed by atoms with E-state index < -0.39 is 17.7 Å². The molecule has 0 bridgehead atoms. The van der Waals surface area contributed by atoms with Gasteiger partial charge in [0.1, 0.15) is 11.5 Å². The lowest BCUT2D eigenvalue weighted by molar-refractivity contribution is -0.132. The molecule has 1 aliphatic heterocycles. The summed E-state index contributed by atoms with van der Waals surface area (Å²) in [6, 6.07) is 18.4. The van der Waals surface area contributed by atoms with Crippen molar-refractivity contribution in [3.05, 3.63) is 93.5 Å². The van der Waals surface area contributed by atoms with E-state index in [9.17, 15) is 19.5 Å². The molecule has 3 aromatic carbocycles. The minimum absolute atomic E-state index is 0.00717. The molecule has 1 fully saturated rings. The second-order valence-corrected chi connectivity index (χ2v) is 9.20. The summed E-state index contributed by atoms with van der Waals surface area (Å²) >= 11 is 3.41. The number of carbonyl (C=O) groups excluding carboxylic acids is 3. The van der Waals surface area contributed by atoms with Crippen LogP contribution < -0.4 is 15.0 Å². The monoisotopic (exact) mass is 548 g/mol. The Morgan fingerprint density at radius 3 is 2.28 bits per heavy atom. The molecule has 36 heavy (non-hydrogen) atoms. The van der Waals surface area contributed by atoms with Crippen molar-refractivity contribution in [1.29, 1.82) is 0 Å². The second kappa shape index (κ2) is 10.4. The molecule has 7 nitrogen and oxygen atoms in total. The van der Waals surface area contributed by atoms with E-state index in [0.717, 1.165) is 12.0 Å². The minimum atomic E-state index is -0.844. The number of aliphatic hydroxyl groups is 1. The van der Waals surface area contributed by atoms with E-state index in [4.69, 9.17) is 4.74 Å². The Hall–Kier alpha value is -3.91. The Balaban J connectivity index is 1.87. The number of hydrogen-bond acceptors (Lipinski definition) is 5. The van der Waals surface area contributed by atoms with Gasteiger partial charge in [0, 0.05) is 23.9 Å². The van der Waals surface area contributed by atoms with Crippen LogP contribution in [0.1, 0.15) is 36.6 Å². The number of halogens is 1. The Labute approximate surface area is 217 Å². The van der Waals surface area contributed by atoms with Crippen LogP contribution in [0, 0.1) is 0 Å². The number of nitrogens with zero attached hydrogens (tertiary/aromatic N) is 1. The number of carbonyl (C=O) groups is 3. The van der Waals surface area contributed by atoms with E-state index in [1.807, 2.05) is 31.2 Å². The van der Waals surface area contributed by atoms with Crippen LogP contribution in [-0.2, 0) is 20.8 Å². The zero-order valence-electron chi connectivity index (χ0n) is 20.0. The highest BCUT2D eigenvalue weighted by Crippen LogP contribution is 2.43. The first kappa shape index (κ1) is 25.2. The van der Waals surface area contributed by atoms with E-state index in [2.05, 4.69) is 21.2 Å². The first-order chi connectivity index (χ1) is 17.2. The van der Waals surface area contributed by atoms with E-state index in [0.29, 0.717) is 32.7 Å². The van der Waals surface area contributed by atoms with Crippen LogP contribution in [0.25, 0.3) is 5.76 Å². The van der Waals surface area contributed by atoms with Crippen molar-refractivity contribution in [3.8, 4) is 5.75 Å². The fourth-order valence-corrected chi connectivity index (χ4v) is 4.77. The summed E-state index contributed by atoms with van der Waals surface area (Å²) in [5, 5.41) is 14.0. The number of benzene rings is 3. The number of ketones is 1. The molecule has 184 valence electrons. The molecule has 4 rings (SSSR count). The normalized spacial score (nSPS) is 16.8. The summed E-state index contributed by atoms with van der Waals surface area (Å²) in [7, 11) is 1.53. The molecule has 1 aliphatic rings. The average Bonchev–Trinajstić information content (AvgIpc) is 3.14. The largest absolute Gasteiger partial charge is 0.507 e. The van der Waals surface area contributed by atoms with Gasteiger partial charge >= 0.3 is 0 Å². The number of anilines is 2. The summed E-state index contributed by atoms with van der Waals surface area (Å²) in [5.41, 5.74) is 3.19. The molecule has 0 saturated carbocycles. The lowest BCUT2D eigenvalue weighted by atomic mass is 9.94. The predicted octanol–water partition coefficient (Wildman–Crippen LogP) is 5.60. The number of rotatable bonds is 6. The first-order valence-corrected chi connectivity index (χ1v) is 12.2. The standard InChI is InChI=1S/C28H25BrN2O5/c1-4-17-5-7-18(8-6-17)25-24(26(33)19-9-14-23(36-3)22(29)15-19)27(34)28(35)31(25)21-12-10-20(11-13-21)30-16(2)32/h5-15,25,33H,4H2,1-3H3,(H,30,32)/b26-24-. The second-order valence-electron chi connectivity index (χ2n) is 8.34. The molecule has 2 amide bonds. The number of amides is 2. The van der Waals surface area contributed by atoms with E-state index in [-0.39, 0.29) is 17.2 Å². The van der Waals surface area contributed by atoms with E-state index >= 15 is 0 Å². The van der Waals surface area contributed by atoms with E-state index in [1.54, 1.807) is 42.5 Å². The molecule has 1 unspecified atom stereocenters. The third-order valence-corrected chi connectivity index (χ3v) is 6.66. The van der Waals surface area contributed by atoms with Crippen molar-refractivity contribution >= 4 is 50.7 Å². The Morgan fingerprint density at radius 1 is 1.06 bits per heavy atom. The molecular formula is C28H25BrN2O5. The summed E-state index contributed by atoms with van der Waals surface area (Å²) in [6.45, 7) is 3.45. The SMILES string of the molecule is CCc1ccc(C2/C(=C(/O)c3ccc(OC)c(Br)c3)C(=O)C(=O)N2c2ccc(NC(C)=O)cc2)cc1. The maximum Gasteiger partial charge on any atom is 0.300 e. The minimum Gasteiger partial charge on any atom is -0.507 e. The maximum atomic E-state index is 13.3. The topological polar surface area (TPSA) is 95.9 Å². The molecule has 3 aromatic rings. The van der Waals surface area contributed by atoms with Gasteiger partial charge in [0.25, 0.3) is 11.7 Å². The lowest BCUT2D eigenvalue weighted by Gasteiger charge is -2.26. The molecule has 0 aliphatic carbocycles. The van der Waals surface area contributed by atoms with Crippen LogP contribution in [0.3, 0.4) is 0 Å². The van der Waals surface area contributed by atoms with Crippen molar-refractivity contribution < 1.29 is 24.2 Å². The number of hydrogen-bond donors (Lipinski definition) is 2. The number of aryl methyl sites for hydroxylation is 1. The van der Waals surface area contributed by atoms with Gasteiger partial charge in [0.15, 0.2) is 0 Å². The van der Waals surface area contributed by atoms with Crippen LogP contribution in [0.5, 0.6) is 5.75 Å². The highest BCUT2D eigenvalue weighted by atomic mass is 79.9. The van der Waals surface area contributed by atoms with Crippen molar-refractivity contribution in [1.82, 2.24) is 0 Å². The third kappa shape index (κ3) is 4.77. The van der Waals surface area contributed by atoms with Gasteiger partial charge in [-0.05, 0) is 75.9 Å². The van der Waals surface area contributed by atoms with Gasteiger partial charge in [-0.25, -0.2) is 0 Å². The van der Waals surface area contributed by atoms with Crippen molar-refractivity contribution in [2.75, 3.05) is 17.3 Å². The number of ether oxygens (including phenoxy) is 1. The van der Waals surface area contributed by atoms with Crippen molar-refractivity contribution in [2.45, 2.75) is 26.3 Å². The van der Waals surface area contributed by atoms with Crippen molar-refractivity contribution in [3.63, 3.8) is 0 Å². The summed E-state index contributed by atoms with van der Waals surface area (Å²) in [4.78, 5) is 39.4. The first-order valence-electron chi connectivity index (χ1n) is 11.4. The quantitative estimate of drug-likeness (QED) is 0.237. The maximum absolute atomic E-state index is 13.3. The summed E-state index contributed by atoms with van der Waals surface area (Å²) in [5.74, 6) is -1.46. The highest BCUT2D eigenvalue weighted by Gasteiger charge is 2.47. The molecule has 0 spiro atoms. The molecule has 2 N–H and O–H groups in total. The van der Waals surface area contributed by atoms with Gasteiger partial charge in [-0.1, -0.05) is 31.2 Å². The Morgan fingerprint density at radius 2 is 1.72 bits per heavy atom. The van der Waals surface area contributed by atoms with Crippen LogP contribution >= 0.6 is 15.9 Å². The van der Waals surface area contributed by atoms with Gasteiger partial charge in [-0.2, -0.15) is 0 Å². The van der Waals surface area contributed by atoms with Crippen molar-refractivity contribution in [2.24, 2.45) is 0 Å². The van der Waals surface area contributed by atoms with Gasteiger partial charge in [-0.15, -0.1) is 0 Å². The van der Waals surface area contributed by atoms with E-state index in [1.165, 1.54) is 18.9 Å². The summed E-state index contributed by atoms with van der Waals surface area (Å²) in [6.07, 6.45) is 0.838. The molecule has 8 heteroatoms. The highest BCUT2D eigenvalue weighted by molar-refractivity contribution is 9.10. The molecule has 0 radical (unpaired) electrons. The fourth-order valence-electron chi connectivity index (χ4n) is 4.23. The molecule has 1 saturated heterocycles. The number of aliphatic hydroxyl groups excluding tert-OH is 1. The smallest absolute Gasteiger partial charge is 0.300 e. The van der Waals surface area contributed by atoms with Gasteiger partial charge in [-0.3, -0.25) is 19.3 Å². The Kier molecular flexibility index (Phi) is 7.26. The molecule has 1 atom stereocenters. The predicted molar refractivity (Wildman–Crippen MR) is 142 cm³/mol. The van der Waals surface area contributed by atoms with Crippen LogP contribution in [-0.4, -0.2) is 29.8 Å². The zero-order valence-corrected chi connectivity index (χ0v) is 21.6. The average molecular weight is 549 g/mol.